The van der Waals surface area contributed by atoms with Crippen molar-refractivity contribution >= 4 is 11.0 Å². The van der Waals surface area contributed by atoms with Gasteiger partial charge in [0.05, 0.1) is 5.52 Å². The molecule has 0 aliphatic carbocycles. The third kappa shape index (κ3) is 2.69. The van der Waals surface area contributed by atoms with Crippen molar-refractivity contribution in [3.63, 3.8) is 0 Å². The van der Waals surface area contributed by atoms with Crippen LogP contribution in [0.25, 0.3) is 33.9 Å². The number of aryl methyl sites for hydroxylation is 2. The van der Waals surface area contributed by atoms with Gasteiger partial charge in [-0.3, -0.25) is 0 Å². The Kier molecular flexibility index (Phi) is 3.60. The van der Waals surface area contributed by atoms with Gasteiger partial charge in [0.25, 0.3) is 5.89 Å². The van der Waals surface area contributed by atoms with Crippen LogP contribution in [-0.4, -0.2) is 25.1 Å². The fourth-order valence-corrected chi connectivity index (χ4v) is 2.79. The zero-order valence-corrected chi connectivity index (χ0v) is 14.7. The lowest BCUT2D eigenvalue weighted by molar-refractivity contribution is 0.432. The minimum Gasteiger partial charge on any atom is -0.334 e. The fourth-order valence-electron chi connectivity index (χ4n) is 2.79. The standard InChI is InChI=1S/C19H19N5O/c1-11(2)24-17-8-7-15(10-16(17)21-23-24)19-20-18(22-25-19)14-6-5-12(3)13(4)9-14/h5-11H,1-4H3. The van der Waals surface area contributed by atoms with Gasteiger partial charge in [-0.2, -0.15) is 4.98 Å². The molecule has 0 bridgehead atoms. The van der Waals surface area contributed by atoms with E-state index in [1.165, 1.54) is 11.1 Å². The van der Waals surface area contributed by atoms with Crippen LogP contribution < -0.4 is 0 Å². The average molecular weight is 333 g/mol. The first-order chi connectivity index (χ1) is 12.0. The second-order valence-electron chi connectivity index (χ2n) is 6.55. The van der Waals surface area contributed by atoms with Gasteiger partial charge in [0.2, 0.25) is 5.82 Å². The Balaban J connectivity index is 1.72. The van der Waals surface area contributed by atoms with E-state index in [1.54, 1.807) is 0 Å². The fraction of sp³-hybridized carbons (Fsp3) is 0.263. The Bertz CT molecular complexity index is 1060. The zero-order chi connectivity index (χ0) is 17.6. The van der Waals surface area contributed by atoms with Crippen molar-refractivity contribution in [3.8, 4) is 22.8 Å². The van der Waals surface area contributed by atoms with E-state index in [1.807, 2.05) is 28.9 Å². The van der Waals surface area contributed by atoms with E-state index >= 15 is 0 Å². The Morgan fingerprint density at radius 2 is 1.76 bits per heavy atom. The van der Waals surface area contributed by atoms with Crippen molar-refractivity contribution in [1.29, 1.82) is 0 Å². The van der Waals surface area contributed by atoms with Crippen molar-refractivity contribution in [2.75, 3.05) is 0 Å². The number of rotatable bonds is 3. The molecule has 4 aromatic rings. The van der Waals surface area contributed by atoms with Crippen LogP contribution in [0.5, 0.6) is 0 Å². The summed E-state index contributed by atoms with van der Waals surface area (Å²) in [5, 5.41) is 12.6. The molecule has 2 aromatic heterocycles. The first-order valence-corrected chi connectivity index (χ1v) is 8.29. The molecule has 0 amide bonds. The summed E-state index contributed by atoms with van der Waals surface area (Å²) in [6, 6.07) is 12.3. The van der Waals surface area contributed by atoms with Gasteiger partial charge in [0.1, 0.15) is 5.52 Å². The SMILES string of the molecule is Cc1ccc(-c2noc(-c3ccc4c(c3)nnn4C(C)C)n2)cc1C. The Morgan fingerprint density at radius 1 is 0.960 bits per heavy atom. The highest BCUT2D eigenvalue weighted by atomic mass is 16.5. The summed E-state index contributed by atoms with van der Waals surface area (Å²) in [5.41, 5.74) is 6.04. The lowest BCUT2D eigenvalue weighted by Gasteiger charge is -2.04. The van der Waals surface area contributed by atoms with Crippen molar-refractivity contribution in [3.05, 3.63) is 47.5 Å². The molecule has 126 valence electrons. The average Bonchev–Trinajstić information content (AvgIpc) is 3.23. The van der Waals surface area contributed by atoms with E-state index in [9.17, 15) is 0 Å². The van der Waals surface area contributed by atoms with Crippen LogP contribution in [0.3, 0.4) is 0 Å². The van der Waals surface area contributed by atoms with Gasteiger partial charge < -0.3 is 4.52 Å². The number of fused-ring (bicyclic) bond motifs is 1. The normalized spacial score (nSPS) is 11.6. The summed E-state index contributed by atoms with van der Waals surface area (Å²) in [6.07, 6.45) is 0. The van der Waals surface area contributed by atoms with Crippen LogP contribution in [0.4, 0.5) is 0 Å². The second kappa shape index (κ2) is 5.81. The molecule has 0 saturated carbocycles. The summed E-state index contributed by atoms with van der Waals surface area (Å²) in [6.45, 7) is 8.32. The lowest BCUT2D eigenvalue weighted by atomic mass is 10.1. The van der Waals surface area contributed by atoms with Crippen LogP contribution in [0, 0.1) is 13.8 Å². The Morgan fingerprint density at radius 3 is 2.52 bits per heavy atom. The molecular weight excluding hydrogens is 314 g/mol. The molecule has 0 unspecified atom stereocenters. The molecule has 2 aromatic carbocycles. The van der Waals surface area contributed by atoms with Gasteiger partial charge in [-0.25, -0.2) is 4.68 Å². The lowest BCUT2D eigenvalue weighted by Crippen LogP contribution is -2.02. The van der Waals surface area contributed by atoms with Gasteiger partial charge in [-0.15, -0.1) is 5.10 Å². The van der Waals surface area contributed by atoms with Crippen molar-refractivity contribution in [2.24, 2.45) is 0 Å². The van der Waals surface area contributed by atoms with E-state index < -0.39 is 0 Å². The molecular formula is C19H19N5O. The highest BCUT2D eigenvalue weighted by molar-refractivity contribution is 5.80. The predicted molar refractivity (Wildman–Crippen MR) is 96.1 cm³/mol. The van der Waals surface area contributed by atoms with Crippen LogP contribution in [0.15, 0.2) is 40.9 Å². The van der Waals surface area contributed by atoms with E-state index in [0.717, 1.165) is 22.2 Å². The summed E-state index contributed by atoms with van der Waals surface area (Å²) in [7, 11) is 0. The molecule has 0 atom stereocenters. The summed E-state index contributed by atoms with van der Waals surface area (Å²) in [4.78, 5) is 4.54. The third-order valence-electron chi connectivity index (χ3n) is 4.40. The molecule has 0 spiro atoms. The first-order valence-electron chi connectivity index (χ1n) is 8.29. The first kappa shape index (κ1) is 15.5. The Labute approximate surface area is 145 Å². The highest BCUT2D eigenvalue weighted by Gasteiger charge is 2.14. The third-order valence-corrected chi connectivity index (χ3v) is 4.40. The number of nitrogens with zero attached hydrogens (tertiary/aromatic N) is 5. The smallest absolute Gasteiger partial charge is 0.258 e. The summed E-state index contributed by atoms with van der Waals surface area (Å²) < 4.78 is 7.36. The summed E-state index contributed by atoms with van der Waals surface area (Å²) in [5.74, 6) is 1.07. The molecule has 0 fully saturated rings. The molecule has 0 aliphatic rings. The molecule has 6 heteroatoms. The number of hydrogen-bond donors (Lipinski definition) is 0. The zero-order valence-electron chi connectivity index (χ0n) is 14.7. The van der Waals surface area contributed by atoms with Crippen molar-refractivity contribution in [1.82, 2.24) is 25.1 Å². The monoisotopic (exact) mass is 333 g/mol. The predicted octanol–water partition coefficient (Wildman–Crippen LogP) is 4.35. The van der Waals surface area contributed by atoms with Crippen LogP contribution in [0.1, 0.15) is 31.0 Å². The van der Waals surface area contributed by atoms with Crippen molar-refractivity contribution in [2.45, 2.75) is 33.7 Å². The molecule has 4 rings (SSSR count). The minimum atomic E-state index is 0.260. The van der Waals surface area contributed by atoms with Gasteiger partial charge in [0.15, 0.2) is 0 Å². The Hall–Kier alpha value is -3.02. The molecule has 6 nitrogen and oxygen atoms in total. The maximum atomic E-state index is 5.46. The topological polar surface area (TPSA) is 69.6 Å². The van der Waals surface area contributed by atoms with Crippen LogP contribution in [0.2, 0.25) is 0 Å². The second-order valence-corrected chi connectivity index (χ2v) is 6.55. The maximum Gasteiger partial charge on any atom is 0.258 e. The molecule has 25 heavy (non-hydrogen) atoms. The largest absolute Gasteiger partial charge is 0.334 e. The van der Waals surface area contributed by atoms with E-state index in [2.05, 4.69) is 60.3 Å². The van der Waals surface area contributed by atoms with Gasteiger partial charge in [-0.1, -0.05) is 22.5 Å². The van der Waals surface area contributed by atoms with Gasteiger partial charge >= 0.3 is 0 Å². The molecule has 0 saturated heterocycles. The van der Waals surface area contributed by atoms with Gasteiger partial charge in [0, 0.05) is 17.2 Å². The molecule has 0 aliphatic heterocycles. The summed E-state index contributed by atoms with van der Waals surface area (Å²) >= 11 is 0. The number of aromatic nitrogens is 5. The van der Waals surface area contributed by atoms with Crippen LogP contribution in [-0.2, 0) is 0 Å². The van der Waals surface area contributed by atoms with E-state index in [4.69, 9.17) is 4.52 Å². The molecule has 0 N–H and O–H groups in total. The van der Waals surface area contributed by atoms with E-state index in [0.29, 0.717) is 11.7 Å². The maximum absolute atomic E-state index is 5.46. The van der Waals surface area contributed by atoms with E-state index in [-0.39, 0.29) is 6.04 Å². The molecule has 2 heterocycles. The van der Waals surface area contributed by atoms with Gasteiger partial charge in [-0.05, 0) is 63.1 Å². The highest BCUT2D eigenvalue weighted by Crippen LogP contribution is 2.26. The van der Waals surface area contributed by atoms with Crippen LogP contribution >= 0.6 is 0 Å². The quantitative estimate of drug-likeness (QED) is 0.557. The molecule has 0 radical (unpaired) electrons. The minimum absolute atomic E-state index is 0.260. The van der Waals surface area contributed by atoms with Crippen molar-refractivity contribution < 1.29 is 4.52 Å². The number of benzene rings is 2. The number of hydrogen-bond acceptors (Lipinski definition) is 5.